The molecule has 0 aliphatic rings. The summed E-state index contributed by atoms with van der Waals surface area (Å²) in [6.45, 7) is 0. The van der Waals surface area contributed by atoms with E-state index >= 15 is 0 Å². The zero-order valence-corrected chi connectivity index (χ0v) is 15.6. The molecule has 2 aromatic heterocycles. The predicted molar refractivity (Wildman–Crippen MR) is 107 cm³/mol. The van der Waals surface area contributed by atoms with E-state index in [1.807, 2.05) is 67.7 Å². The summed E-state index contributed by atoms with van der Waals surface area (Å²) >= 11 is 3.43. The molecule has 0 saturated carbocycles. The number of benzene rings is 2. The van der Waals surface area contributed by atoms with E-state index in [0.717, 1.165) is 15.9 Å². The number of halogens is 1. The van der Waals surface area contributed by atoms with Crippen LogP contribution in [0, 0.1) is 0 Å². The quantitative estimate of drug-likeness (QED) is 0.515. The molecule has 0 spiro atoms. The summed E-state index contributed by atoms with van der Waals surface area (Å²) in [4.78, 5) is 17.8. The zero-order valence-electron chi connectivity index (χ0n) is 14.0. The second-order valence-electron chi connectivity index (χ2n) is 5.82. The van der Waals surface area contributed by atoms with E-state index in [1.165, 1.54) is 0 Å². The van der Waals surface area contributed by atoms with E-state index in [0.29, 0.717) is 16.7 Å². The predicted octanol–water partition coefficient (Wildman–Crippen LogP) is 4.05. The highest BCUT2D eigenvalue weighted by molar-refractivity contribution is 9.10. The molecule has 4 rings (SSSR count). The van der Waals surface area contributed by atoms with Gasteiger partial charge in [0, 0.05) is 17.7 Å². The van der Waals surface area contributed by atoms with Crippen LogP contribution in [0.5, 0.6) is 0 Å². The Bertz CT molecular complexity index is 1170. The number of aryl methyl sites for hydroxylation is 1. The fourth-order valence-electron chi connectivity index (χ4n) is 2.81. The lowest BCUT2D eigenvalue weighted by molar-refractivity contribution is 0.760. The minimum atomic E-state index is -0.0948. The van der Waals surface area contributed by atoms with Gasteiger partial charge in [-0.15, -0.1) is 0 Å². The van der Waals surface area contributed by atoms with Gasteiger partial charge in [0.05, 0.1) is 22.3 Å². The van der Waals surface area contributed by atoms with E-state index in [2.05, 4.69) is 21.0 Å². The van der Waals surface area contributed by atoms with Crippen LogP contribution >= 0.6 is 15.9 Å². The van der Waals surface area contributed by atoms with Crippen LogP contribution in [0.3, 0.4) is 0 Å². The largest absolute Gasteiger partial charge is 0.269 e. The second kappa shape index (κ2) is 6.72. The van der Waals surface area contributed by atoms with Crippen LogP contribution < -0.4 is 5.56 Å². The Morgan fingerprint density at radius 3 is 2.50 bits per heavy atom. The van der Waals surface area contributed by atoms with Gasteiger partial charge in [-0.1, -0.05) is 28.1 Å². The molecule has 6 heteroatoms. The highest BCUT2D eigenvalue weighted by Gasteiger charge is 2.11. The Kier molecular flexibility index (Phi) is 4.26. The number of hydrogen-bond donors (Lipinski definition) is 0. The van der Waals surface area contributed by atoms with Gasteiger partial charge in [-0.3, -0.25) is 14.0 Å². The number of rotatable bonds is 3. The Balaban J connectivity index is 1.96. The first-order valence-corrected chi connectivity index (χ1v) is 8.86. The SMILES string of the molecule is Cn1nccc1C=Cc1nc2ccccc2c(=O)n1-c1ccc(Br)cc1. The Hall–Kier alpha value is -2.99. The summed E-state index contributed by atoms with van der Waals surface area (Å²) in [6, 6.07) is 16.9. The van der Waals surface area contributed by atoms with E-state index in [9.17, 15) is 4.79 Å². The molecule has 0 aliphatic heterocycles. The molecular formula is C20H15BrN4O. The van der Waals surface area contributed by atoms with Crippen molar-refractivity contribution in [1.82, 2.24) is 19.3 Å². The number of para-hydroxylation sites is 1. The molecular weight excluding hydrogens is 392 g/mol. The number of nitrogens with zero attached hydrogens (tertiary/aromatic N) is 4. The molecule has 0 fully saturated rings. The van der Waals surface area contributed by atoms with E-state index < -0.39 is 0 Å². The lowest BCUT2D eigenvalue weighted by atomic mass is 10.2. The Labute approximate surface area is 158 Å². The van der Waals surface area contributed by atoms with E-state index in [-0.39, 0.29) is 5.56 Å². The molecule has 0 aliphatic carbocycles. The van der Waals surface area contributed by atoms with Crippen molar-refractivity contribution in [2.24, 2.45) is 7.05 Å². The van der Waals surface area contributed by atoms with Gasteiger partial charge in [-0.2, -0.15) is 5.10 Å². The standard InChI is InChI=1S/C20H15BrN4O/c1-24-15(12-13-22-24)10-11-19-23-18-5-3-2-4-17(18)20(26)25(19)16-8-6-14(21)7-9-16/h2-13H,1H3. The highest BCUT2D eigenvalue weighted by Crippen LogP contribution is 2.17. The summed E-state index contributed by atoms with van der Waals surface area (Å²) in [5.41, 5.74) is 2.27. The van der Waals surface area contributed by atoms with Gasteiger partial charge < -0.3 is 0 Å². The van der Waals surface area contributed by atoms with Gasteiger partial charge in [-0.05, 0) is 54.6 Å². The van der Waals surface area contributed by atoms with Crippen molar-refractivity contribution < 1.29 is 0 Å². The van der Waals surface area contributed by atoms with Crippen LogP contribution in [0.15, 0.2) is 70.1 Å². The van der Waals surface area contributed by atoms with Crippen LogP contribution in [0.1, 0.15) is 11.5 Å². The number of aromatic nitrogens is 4. The van der Waals surface area contributed by atoms with Crippen molar-refractivity contribution in [2.75, 3.05) is 0 Å². The summed E-state index contributed by atoms with van der Waals surface area (Å²) in [5, 5.41) is 4.75. The van der Waals surface area contributed by atoms with Gasteiger partial charge in [0.15, 0.2) is 0 Å². The van der Waals surface area contributed by atoms with Crippen LogP contribution in [0.25, 0.3) is 28.7 Å². The molecule has 2 heterocycles. The van der Waals surface area contributed by atoms with Gasteiger partial charge in [0.25, 0.3) is 5.56 Å². The van der Waals surface area contributed by atoms with E-state index in [4.69, 9.17) is 4.98 Å². The molecule has 128 valence electrons. The molecule has 0 unspecified atom stereocenters. The molecule has 0 saturated heterocycles. The summed E-state index contributed by atoms with van der Waals surface area (Å²) < 4.78 is 4.34. The second-order valence-corrected chi connectivity index (χ2v) is 6.73. The molecule has 0 amide bonds. The fourth-order valence-corrected chi connectivity index (χ4v) is 3.07. The highest BCUT2D eigenvalue weighted by atomic mass is 79.9. The van der Waals surface area contributed by atoms with Crippen LogP contribution in [0.4, 0.5) is 0 Å². The van der Waals surface area contributed by atoms with Crippen LogP contribution in [-0.4, -0.2) is 19.3 Å². The maximum Gasteiger partial charge on any atom is 0.266 e. The lowest BCUT2D eigenvalue weighted by Crippen LogP contribution is -2.22. The average Bonchev–Trinajstić information content (AvgIpc) is 3.06. The van der Waals surface area contributed by atoms with Gasteiger partial charge in [0.2, 0.25) is 0 Å². The van der Waals surface area contributed by atoms with E-state index in [1.54, 1.807) is 21.5 Å². The maximum atomic E-state index is 13.1. The Morgan fingerprint density at radius 2 is 1.77 bits per heavy atom. The fraction of sp³-hybridized carbons (Fsp3) is 0.0500. The summed E-state index contributed by atoms with van der Waals surface area (Å²) in [7, 11) is 1.87. The summed E-state index contributed by atoms with van der Waals surface area (Å²) in [5.74, 6) is 0.567. The lowest BCUT2D eigenvalue weighted by Gasteiger charge is -2.11. The summed E-state index contributed by atoms with van der Waals surface area (Å²) in [6.07, 6.45) is 5.47. The molecule has 2 aromatic carbocycles. The van der Waals surface area contributed by atoms with Crippen LogP contribution in [0.2, 0.25) is 0 Å². The van der Waals surface area contributed by atoms with Gasteiger partial charge in [0.1, 0.15) is 5.82 Å². The molecule has 26 heavy (non-hydrogen) atoms. The van der Waals surface area contributed by atoms with Gasteiger partial charge >= 0.3 is 0 Å². The third kappa shape index (κ3) is 2.99. The molecule has 0 N–H and O–H groups in total. The zero-order chi connectivity index (χ0) is 18.1. The first-order valence-electron chi connectivity index (χ1n) is 8.07. The third-order valence-electron chi connectivity index (χ3n) is 4.15. The molecule has 0 atom stereocenters. The molecule has 0 radical (unpaired) electrons. The molecule has 5 nitrogen and oxygen atoms in total. The van der Waals surface area contributed by atoms with Crippen molar-refractivity contribution in [2.45, 2.75) is 0 Å². The first-order chi connectivity index (χ1) is 12.6. The monoisotopic (exact) mass is 406 g/mol. The minimum absolute atomic E-state index is 0.0948. The van der Waals surface area contributed by atoms with Crippen molar-refractivity contribution >= 4 is 39.0 Å². The Morgan fingerprint density at radius 1 is 1.00 bits per heavy atom. The maximum absolute atomic E-state index is 13.1. The van der Waals surface area contributed by atoms with Crippen molar-refractivity contribution in [3.8, 4) is 5.69 Å². The number of hydrogen-bond acceptors (Lipinski definition) is 3. The average molecular weight is 407 g/mol. The third-order valence-corrected chi connectivity index (χ3v) is 4.68. The first kappa shape index (κ1) is 16.5. The number of fused-ring (bicyclic) bond motifs is 1. The minimum Gasteiger partial charge on any atom is -0.269 e. The topological polar surface area (TPSA) is 52.7 Å². The normalized spacial score (nSPS) is 11.5. The van der Waals surface area contributed by atoms with Crippen molar-refractivity contribution in [3.63, 3.8) is 0 Å². The van der Waals surface area contributed by atoms with Gasteiger partial charge in [-0.25, -0.2) is 4.98 Å². The smallest absolute Gasteiger partial charge is 0.266 e. The van der Waals surface area contributed by atoms with Crippen molar-refractivity contribution in [3.05, 3.63) is 87.1 Å². The van der Waals surface area contributed by atoms with Crippen molar-refractivity contribution in [1.29, 1.82) is 0 Å². The molecule has 4 aromatic rings. The molecule has 0 bridgehead atoms. The van der Waals surface area contributed by atoms with Crippen LogP contribution in [-0.2, 0) is 7.05 Å².